The van der Waals surface area contributed by atoms with Crippen LogP contribution in [0.5, 0.6) is 0 Å². The molecule has 1 amide bonds. The highest BCUT2D eigenvalue weighted by molar-refractivity contribution is 5.79. The first-order valence-electron chi connectivity index (χ1n) is 10.1. The summed E-state index contributed by atoms with van der Waals surface area (Å²) in [6.45, 7) is 3.36. The Morgan fingerprint density at radius 1 is 1.15 bits per heavy atom. The lowest BCUT2D eigenvalue weighted by Crippen LogP contribution is -2.61. The van der Waals surface area contributed by atoms with Gasteiger partial charge < -0.3 is 10.0 Å². The minimum atomic E-state index is -0.363. The first kappa shape index (κ1) is 16.7. The number of amides is 1. The Labute approximate surface area is 154 Å². The Bertz CT molecular complexity index is 708. The fourth-order valence-corrected chi connectivity index (χ4v) is 7.13. The minimum Gasteiger partial charge on any atom is -0.389 e. The zero-order chi connectivity index (χ0) is 18.1. The number of aliphatic hydroxyl groups is 1. The molecule has 1 N–H and O–H groups in total. The van der Waals surface area contributed by atoms with Crippen molar-refractivity contribution >= 4 is 5.91 Å². The number of aliphatic hydroxyl groups excluding tert-OH is 1. The van der Waals surface area contributed by atoms with Gasteiger partial charge >= 0.3 is 0 Å². The van der Waals surface area contributed by atoms with E-state index in [0.29, 0.717) is 36.8 Å². The van der Waals surface area contributed by atoms with Gasteiger partial charge in [-0.05, 0) is 73.0 Å². The molecule has 1 aliphatic heterocycles. The van der Waals surface area contributed by atoms with Crippen LogP contribution in [0.4, 0.5) is 4.39 Å². The molecule has 2 atom stereocenters. The first-order valence-corrected chi connectivity index (χ1v) is 10.1. The number of likely N-dealkylation sites (tertiary alicyclic amines) is 1. The van der Waals surface area contributed by atoms with Crippen LogP contribution in [-0.4, -0.2) is 35.1 Å². The third-order valence-corrected chi connectivity index (χ3v) is 7.99. The van der Waals surface area contributed by atoms with Crippen LogP contribution < -0.4 is 0 Å². The molecule has 1 aromatic rings. The molecule has 1 heterocycles. The second kappa shape index (κ2) is 5.54. The van der Waals surface area contributed by atoms with Crippen LogP contribution in [0.3, 0.4) is 0 Å². The molecule has 1 aromatic carbocycles. The number of nitrogens with zero attached hydrogens (tertiary/aromatic N) is 1. The molecule has 1 saturated heterocycles. The summed E-state index contributed by atoms with van der Waals surface area (Å²) in [7, 11) is 0. The summed E-state index contributed by atoms with van der Waals surface area (Å²) in [5.74, 6) is 1.78. The van der Waals surface area contributed by atoms with Gasteiger partial charge in [0, 0.05) is 24.9 Å². The molecule has 6 rings (SSSR count). The highest BCUT2D eigenvalue weighted by Crippen LogP contribution is 2.68. The zero-order valence-corrected chi connectivity index (χ0v) is 15.5. The van der Waals surface area contributed by atoms with Gasteiger partial charge in [-0.25, -0.2) is 4.39 Å². The van der Waals surface area contributed by atoms with E-state index in [-0.39, 0.29) is 23.2 Å². The summed E-state index contributed by atoms with van der Waals surface area (Å²) in [5.41, 5.74) is 1.43. The van der Waals surface area contributed by atoms with E-state index < -0.39 is 0 Å². The van der Waals surface area contributed by atoms with Crippen LogP contribution in [0.25, 0.3) is 0 Å². The summed E-state index contributed by atoms with van der Waals surface area (Å²) >= 11 is 0. The van der Waals surface area contributed by atoms with Crippen molar-refractivity contribution in [2.45, 2.75) is 57.0 Å². The number of halogens is 1. The fourth-order valence-electron chi connectivity index (χ4n) is 7.13. The third-order valence-electron chi connectivity index (χ3n) is 7.99. The summed E-state index contributed by atoms with van der Waals surface area (Å²) < 4.78 is 13.6. The summed E-state index contributed by atoms with van der Waals surface area (Å²) in [6.07, 6.45) is 6.28. The maximum absolute atomic E-state index is 13.6. The Balaban J connectivity index is 1.53. The van der Waals surface area contributed by atoms with Gasteiger partial charge in [-0.1, -0.05) is 19.1 Å². The standard InChI is InChI=1S/C22H28FNO2/c1-21-8-14-6-16(9-21)22(17(7-14)10-21,15-2-4-18(23)5-3-15)11-20(26)24-12-19(25)13-24/h2-5,14,16-17,19,25H,6-13H2,1H3/t14?,16?,17?,21-,22-. The topological polar surface area (TPSA) is 40.5 Å². The fraction of sp³-hybridized carbons (Fsp3) is 0.682. The first-order chi connectivity index (χ1) is 12.4. The van der Waals surface area contributed by atoms with Crippen LogP contribution in [0.1, 0.15) is 51.0 Å². The average Bonchev–Trinajstić information content (AvgIpc) is 2.54. The van der Waals surface area contributed by atoms with Gasteiger partial charge in [-0.2, -0.15) is 0 Å². The molecule has 5 fully saturated rings. The molecule has 4 heteroatoms. The molecule has 3 nitrogen and oxygen atoms in total. The smallest absolute Gasteiger partial charge is 0.223 e. The lowest BCUT2D eigenvalue weighted by atomic mass is 9.39. The number of carbonyl (C=O) groups excluding carboxylic acids is 1. The molecule has 140 valence electrons. The van der Waals surface area contributed by atoms with Gasteiger partial charge in [-0.15, -0.1) is 0 Å². The van der Waals surface area contributed by atoms with Crippen molar-refractivity contribution < 1.29 is 14.3 Å². The molecule has 5 aliphatic rings. The number of carbonyl (C=O) groups is 1. The predicted octanol–water partition coefficient (Wildman–Crippen LogP) is 3.50. The van der Waals surface area contributed by atoms with Crippen molar-refractivity contribution in [1.82, 2.24) is 4.90 Å². The Hall–Kier alpha value is -1.42. The van der Waals surface area contributed by atoms with E-state index >= 15 is 0 Å². The minimum absolute atomic E-state index is 0.151. The van der Waals surface area contributed by atoms with Gasteiger partial charge in [-0.3, -0.25) is 4.79 Å². The highest BCUT2D eigenvalue weighted by Gasteiger charge is 2.61. The highest BCUT2D eigenvalue weighted by atomic mass is 19.1. The molecule has 26 heavy (non-hydrogen) atoms. The van der Waals surface area contributed by atoms with Crippen LogP contribution in [0.15, 0.2) is 24.3 Å². The average molecular weight is 357 g/mol. The van der Waals surface area contributed by atoms with Gasteiger partial charge in [0.05, 0.1) is 6.10 Å². The molecule has 0 spiro atoms. The molecule has 2 unspecified atom stereocenters. The maximum atomic E-state index is 13.6. The van der Waals surface area contributed by atoms with Gasteiger partial charge in [0.15, 0.2) is 0 Å². The summed E-state index contributed by atoms with van der Waals surface area (Å²) in [4.78, 5) is 14.8. The number of hydrogen-bond donors (Lipinski definition) is 1. The van der Waals surface area contributed by atoms with Crippen molar-refractivity contribution in [3.8, 4) is 0 Å². The van der Waals surface area contributed by atoms with Gasteiger partial charge in [0.2, 0.25) is 5.91 Å². The lowest BCUT2D eigenvalue weighted by Gasteiger charge is -2.65. The number of hydrogen-bond acceptors (Lipinski definition) is 2. The van der Waals surface area contributed by atoms with Crippen molar-refractivity contribution in [3.05, 3.63) is 35.6 Å². The monoisotopic (exact) mass is 357 g/mol. The molecular weight excluding hydrogens is 329 g/mol. The second-order valence-corrected chi connectivity index (χ2v) is 9.83. The number of β-amino-alcohol motifs (C(OH)–C–C–N with tert-alkyl or cyclic N) is 1. The Morgan fingerprint density at radius 3 is 2.31 bits per heavy atom. The molecule has 0 aromatic heterocycles. The summed E-state index contributed by atoms with van der Waals surface area (Å²) in [5, 5.41) is 9.59. The molecular formula is C22H28FNO2. The molecule has 4 bridgehead atoms. The third kappa shape index (κ3) is 2.37. The maximum Gasteiger partial charge on any atom is 0.223 e. The van der Waals surface area contributed by atoms with Crippen LogP contribution in [0, 0.1) is 29.0 Å². The second-order valence-electron chi connectivity index (χ2n) is 9.83. The van der Waals surface area contributed by atoms with Crippen molar-refractivity contribution in [2.75, 3.05) is 13.1 Å². The Morgan fingerprint density at radius 2 is 1.77 bits per heavy atom. The van der Waals surface area contributed by atoms with Gasteiger partial charge in [0.1, 0.15) is 5.82 Å². The molecule has 4 aliphatic carbocycles. The van der Waals surface area contributed by atoms with E-state index in [9.17, 15) is 14.3 Å². The van der Waals surface area contributed by atoms with Gasteiger partial charge in [0.25, 0.3) is 0 Å². The van der Waals surface area contributed by atoms with Crippen LogP contribution >= 0.6 is 0 Å². The van der Waals surface area contributed by atoms with Crippen molar-refractivity contribution in [3.63, 3.8) is 0 Å². The van der Waals surface area contributed by atoms with E-state index in [2.05, 4.69) is 6.92 Å². The van der Waals surface area contributed by atoms with E-state index in [4.69, 9.17) is 0 Å². The van der Waals surface area contributed by atoms with E-state index in [1.54, 1.807) is 17.0 Å². The van der Waals surface area contributed by atoms with Crippen molar-refractivity contribution in [2.24, 2.45) is 23.2 Å². The SMILES string of the molecule is C[C@]12CC3CC(C1)[C@](CC(=O)N1CC(O)C1)(c1ccc(F)cc1)C(C3)C2. The predicted molar refractivity (Wildman–Crippen MR) is 96.9 cm³/mol. The zero-order valence-electron chi connectivity index (χ0n) is 15.5. The molecule has 4 saturated carbocycles. The quantitative estimate of drug-likeness (QED) is 0.899. The van der Waals surface area contributed by atoms with Crippen LogP contribution in [0.2, 0.25) is 0 Å². The molecule has 0 radical (unpaired) electrons. The Kier molecular flexibility index (Phi) is 3.57. The van der Waals surface area contributed by atoms with E-state index in [0.717, 1.165) is 11.5 Å². The normalized spacial score (nSPS) is 41.3. The number of rotatable bonds is 3. The van der Waals surface area contributed by atoms with Crippen LogP contribution in [-0.2, 0) is 10.2 Å². The van der Waals surface area contributed by atoms with E-state index in [1.807, 2.05) is 12.1 Å². The van der Waals surface area contributed by atoms with Crippen molar-refractivity contribution in [1.29, 1.82) is 0 Å². The van der Waals surface area contributed by atoms with E-state index in [1.165, 1.54) is 32.1 Å². The largest absolute Gasteiger partial charge is 0.389 e. The lowest BCUT2D eigenvalue weighted by molar-refractivity contribution is -0.152. The number of benzene rings is 1. The summed E-state index contributed by atoms with van der Waals surface area (Å²) in [6, 6.07) is 6.97.